The van der Waals surface area contributed by atoms with Crippen LogP contribution in [0.3, 0.4) is 0 Å². The van der Waals surface area contributed by atoms with Crippen molar-refractivity contribution in [3.8, 4) is 0 Å². The highest BCUT2D eigenvalue weighted by Gasteiger charge is 2.01. The molecule has 3 N–H and O–H groups in total. The van der Waals surface area contributed by atoms with Crippen molar-refractivity contribution < 1.29 is 0 Å². The molecule has 0 aromatic heterocycles. The smallest absolute Gasteiger partial charge is 0.0608 e. The number of nitrogens with one attached hydrogen (secondary N) is 1. The lowest BCUT2D eigenvalue weighted by molar-refractivity contribution is 1.07. The van der Waals surface area contributed by atoms with Gasteiger partial charge in [-0.2, -0.15) is 0 Å². The molecule has 2 nitrogen and oxygen atoms in total. The summed E-state index contributed by atoms with van der Waals surface area (Å²) in [6.07, 6.45) is 0. The third-order valence-electron chi connectivity index (χ3n) is 1.44. The molecule has 0 bridgehead atoms. The van der Waals surface area contributed by atoms with Crippen molar-refractivity contribution in [3.05, 3.63) is 23.8 Å². The molecule has 1 rings (SSSR count). The number of para-hydroxylation sites is 1. The molecule has 1 aromatic rings. The van der Waals surface area contributed by atoms with Crippen LogP contribution >= 0.6 is 35.5 Å². The number of rotatable bonds is 2. The molecule has 4 heteroatoms. The highest BCUT2D eigenvalue weighted by atomic mass is 127. The number of halogens is 1. The van der Waals surface area contributed by atoms with Gasteiger partial charge in [0.1, 0.15) is 0 Å². The first-order chi connectivity index (χ1) is 5.29. The van der Waals surface area contributed by atoms with Crippen LogP contribution in [0.15, 0.2) is 23.1 Å². The molecule has 0 heterocycles. The van der Waals surface area contributed by atoms with Crippen LogP contribution in [0, 0.1) is 0 Å². The summed E-state index contributed by atoms with van der Waals surface area (Å²) in [6, 6.07) is 5.87. The van der Waals surface area contributed by atoms with Crippen LogP contribution in [-0.4, -0.2) is 0 Å². The van der Waals surface area contributed by atoms with E-state index in [1.54, 1.807) is 0 Å². The molecule has 0 amide bonds. The predicted molar refractivity (Wildman–Crippen MR) is 59.2 cm³/mol. The van der Waals surface area contributed by atoms with Gasteiger partial charge in [0.25, 0.3) is 0 Å². The summed E-state index contributed by atoms with van der Waals surface area (Å²) in [5, 5.41) is 0. The SMILES string of the molecule is NCc1cccc(S)c1NI. The maximum Gasteiger partial charge on any atom is 0.0608 e. The van der Waals surface area contributed by atoms with Gasteiger partial charge in [-0.15, -0.1) is 12.6 Å². The van der Waals surface area contributed by atoms with Crippen molar-refractivity contribution in [2.75, 3.05) is 3.53 Å². The van der Waals surface area contributed by atoms with E-state index in [9.17, 15) is 0 Å². The van der Waals surface area contributed by atoms with Crippen molar-refractivity contribution in [1.29, 1.82) is 0 Å². The van der Waals surface area contributed by atoms with Crippen LogP contribution in [-0.2, 0) is 6.54 Å². The molecule has 0 aliphatic carbocycles. The summed E-state index contributed by atoms with van der Waals surface area (Å²) < 4.78 is 3.03. The monoisotopic (exact) mass is 280 g/mol. The van der Waals surface area contributed by atoms with Crippen LogP contribution in [0.25, 0.3) is 0 Å². The Morgan fingerprint density at radius 1 is 1.55 bits per heavy atom. The van der Waals surface area contributed by atoms with Gasteiger partial charge < -0.3 is 9.26 Å². The molecule has 0 aliphatic heterocycles. The predicted octanol–water partition coefficient (Wildman–Crippen LogP) is 2.20. The van der Waals surface area contributed by atoms with E-state index in [0.29, 0.717) is 6.54 Å². The quantitative estimate of drug-likeness (QED) is 0.441. The van der Waals surface area contributed by atoms with Crippen molar-refractivity contribution in [1.82, 2.24) is 0 Å². The van der Waals surface area contributed by atoms with Gasteiger partial charge in [-0.3, -0.25) is 0 Å². The Kier molecular flexibility index (Phi) is 3.47. The van der Waals surface area contributed by atoms with Crippen LogP contribution in [0.5, 0.6) is 0 Å². The summed E-state index contributed by atoms with van der Waals surface area (Å²) in [5.74, 6) is 0. The Bertz CT molecular complexity index is 252. The van der Waals surface area contributed by atoms with Crippen LogP contribution in [0.1, 0.15) is 5.56 Å². The zero-order valence-corrected chi connectivity index (χ0v) is 8.89. The minimum atomic E-state index is 0.541. The number of benzene rings is 1. The topological polar surface area (TPSA) is 38.0 Å². The van der Waals surface area contributed by atoms with Gasteiger partial charge in [0.05, 0.1) is 28.6 Å². The van der Waals surface area contributed by atoms with E-state index >= 15 is 0 Å². The molecule has 0 spiro atoms. The van der Waals surface area contributed by atoms with E-state index < -0.39 is 0 Å². The van der Waals surface area contributed by atoms with Crippen LogP contribution in [0.2, 0.25) is 0 Å². The fourth-order valence-electron chi connectivity index (χ4n) is 0.866. The molecule has 0 atom stereocenters. The van der Waals surface area contributed by atoms with E-state index in [4.69, 9.17) is 5.73 Å². The highest BCUT2D eigenvalue weighted by molar-refractivity contribution is 14.1. The first-order valence-corrected chi connectivity index (χ1v) is 4.69. The fourth-order valence-corrected chi connectivity index (χ4v) is 2.00. The lowest BCUT2D eigenvalue weighted by atomic mass is 10.2. The Morgan fingerprint density at radius 3 is 2.73 bits per heavy atom. The van der Waals surface area contributed by atoms with Crippen LogP contribution in [0.4, 0.5) is 5.69 Å². The number of anilines is 1. The molecule has 1 aromatic carbocycles. The summed E-state index contributed by atoms with van der Waals surface area (Å²) in [6.45, 7) is 0.541. The lowest BCUT2D eigenvalue weighted by Crippen LogP contribution is -1.99. The zero-order chi connectivity index (χ0) is 8.27. The van der Waals surface area contributed by atoms with Crippen molar-refractivity contribution in [2.24, 2.45) is 5.73 Å². The summed E-state index contributed by atoms with van der Waals surface area (Å²) in [7, 11) is 0. The van der Waals surface area contributed by atoms with Crippen molar-refractivity contribution >= 4 is 41.2 Å². The Labute approximate surface area is 85.5 Å². The molecule has 0 saturated heterocycles. The third kappa shape index (κ3) is 2.00. The number of hydrogen-bond donors (Lipinski definition) is 3. The zero-order valence-electron chi connectivity index (χ0n) is 5.84. The normalized spacial score (nSPS) is 9.73. The van der Waals surface area contributed by atoms with Gasteiger partial charge in [0, 0.05) is 11.4 Å². The second-order valence-electron chi connectivity index (χ2n) is 2.11. The summed E-state index contributed by atoms with van der Waals surface area (Å²) >= 11 is 6.35. The molecular formula is C7H9IN2S. The number of nitrogens with two attached hydrogens (primary N) is 1. The molecule has 11 heavy (non-hydrogen) atoms. The molecule has 0 radical (unpaired) electrons. The van der Waals surface area contributed by atoms with Crippen molar-refractivity contribution in [3.63, 3.8) is 0 Å². The largest absolute Gasteiger partial charge is 0.327 e. The van der Waals surface area contributed by atoms with Gasteiger partial charge in [-0.25, -0.2) is 0 Å². The van der Waals surface area contributed by atoms with Gasteiger partial charge in [0.15, 0.2) is 0 Å². The third-order valence-corrected chi connectivity index (χ3v) is 2.36. The number of hydrogen-bond acceptors (Lipinski definition) is 3. The Morgan fingerprint density at radius 2 is 2.27 bits per heavy atom. The molecular weight excluding hydrogens is 271 g/mol. The summed E-state index contributed by atoms with van der Waals surface area (Å²) in [4.78, 5) is 0.933. The van der Waals surface area contributed by atoms with Gasteiger partial charge >= 0.3 is 0 Å². The second-order valence-corrected chi connectivity index (χ2v) is 3.13. The van der Waals surface area contributed by atoms with E-state index in [2.05, 4.69) is 39.0 Å². The maximum atomic E-state index is 5.52. The fraction of sp³-hybridized carbons (Fsp3) is 0.143. The molecule has 0 saturated carbocycles. The average molecular weight is 280 g/mol. The standard InChI is InChI=1S/C7H9IN2S/c8-10-7-5(4-9)2-1-3-6(7)11/h1-3,10-11H,4,9H2. The Hall–Kier alpha value is 0.0600. The van der Waals surface area contributed by atoms with E-state index in [0.717, 1.165) is 16.1 Å². The maximum absolute atomic E-state index is 5.52. The van der Waals surface area contributed by atoms with Crippen LogP contribution < -0.4 is 9.26 Å². The Balaban J connectivity index is 3.13. The lowest BCUT2D eigenvalue weighted by Gasteiger charge is -2.07. The minimum absolute atomic E-state index is 0.541. The first-order valence-electron chi connectivity index (χ1n) is 3.17. The summed E-state index contributed by atoms with van der Waals surface area (Å²) in [5.41, 5.74) is 7.62. The number of thiol groups is 1. The minimum Gasteiger partial charge on any atom is -0.327 e. The van der Waals surface area contributed by atoms with Gasteiger partial charge in [-0.1, -0.05) is 12.1 Å². The van der Waals surface area contributed by atoms with E-state index in [1.807, 2.05) is 18.2 Å². The highest BCUT2D eigenvalue weighted by Crippen LogP contribution is 2.24. The van der Waals surface area contributed by atoms with E-state index in [-0.39, 0.29) is 0 Å². The second kappa shape index (κ2) is 4.18. The molecule has 0 fully saturated rings. The molecule has 60 valence electrons. The van der Waals surface area contributed by atoms with Crippen molar-refractivity contribution in [2.45, 2.75) is 11.4 Å². The molecule has 0 unspecified atom stereocenters. The van der Waals surface area contributed by atoms with Gasteiger partial charge in [0.2, 0.25) is 0 Å². The van der Waals surface area contributed by atoms with E-state index in [1.165, 1.54) is 0 Å². The van der Waals surface area contributed by atoms with Gasteiger partial charge in [-0.05, 0) is 11.6 Å². The molecule has 0 aliphatic rings. The average Bonchev–Trinajstić information content (AvgIpc) is 2.04. The first kappa shape index (κ1) is 9.15.